The van der Waals surface area contributed by atoms with E-state index in [9.17, 15) is 9.59 Å². The van der Waals surface area contributed by atoms with Crippen molar-refractivity contribution < 1.29 is 9.53 Å². The van der Waals surface area contributed by atoms with Crippen LogP contribution in [0.2, 0.25) is 0 Å². The first-order valence-corrected chi connectivity index (χ1v) is 6.76. The van der Waals surface area contributed by atoms with E-state index >= 15 is 0 Å². The zero-order valence-electron chi connectivity index (χ0n) is 10.6. The molecular weight excluding hydrogens is 314 g/mol. The van der Waals surface area contributed by atoms with Crippen LogP contribution in [0, 0.1) is 0 Å². The third-order valence-corrected chi connectivity index (χ3v) is 3.80. The summed E-state index contributed by atoms with van der Waals surface area (Å²) in [6.45, 7) is 0.974. The van der Waals surface area contributed by atoms with E-state index in [0.717, 1.165) is 0 Å². The van der Waals surface area contributed by atoms with Crippen LogP contribution >= 0.6 is 15.9 Å². The van der Waals surface area contributed by atoms with Gasteiger partial charge < -0.3 is 20.4 Å². The van der Waals surface area contributed by atoms with Crippen LogP contribution in [-0.4, -0.2) is 29.2 Å². The molecular formula is C12H16BrN3O3. The maximum atomic E-state index is 12.2. The molecule has 0 aliphatic carbocycles. The number of anilines is 1. The molecule has 0 atom stereocenters. The van der Waals surface area contributed by atoms with Crippen LogP contribution in [0.1, 0.15) is 12.8 Å². The summed E-state index contributed by atoms with van der Waals surface area (Å²) in [6, 6.07) is 1.57. The highest BCUT2D eigenvalue weighted by molar-refractivity contribution is 9.10. The van der Waals surface area contributed by atoms with Crippen molar-refractivity contribution in [3.8, 4) is 0 Å². The number of carbonyl (C=O) groups excluding carboxylic acids is 1. The fourth-order valence-electron chi connectivity index (χ4n) is 1.96. The number of carbonyl (C=O) groups is 1. The molecule has 19 heavy (non-hydrogen) atoms. The summed E-state index contributed by atoms with van der Waals surface area (Å²) in [6.07, 6.45) is 2.55. The second-order valence-corrected chi connectivity index (χ2v) is 5.57. The molecule has 7 heteroatoms. The van der Waals surface area contributed by atoms with E-state index in [1.165, 1.54) is 4.57 Å². The highest BCUT2D eigenvalue weighted by atomic mass is 79.9. The Balaban J connectivity index is 2.17. The minimum atomic E-state index is -0.903. The number of halogens is 1. The maximum Gasteiger partial charge on any atom is 0.264 e. The summed E-state index contributed by atoms with van der Waals surface area (Å²) in [4.78, 5) is 23.7. The molecule has 104 valence electrons. The van der Waals surface area contributed by atoms with E-state index in [2.05, 4.69) is 21.2 Å². The van der Waals surface area contributed by atoms with Gasteiger partial charge in [0.1, 0.15) is 5.54 Å². The number of hydrogen-bond donors (Lipinski definition) is 2. The van der Waals surface area contributed by atoms with Crippen LogP contribution in [0.3, 0.4) is 0 Å². The molecule has 1 aromatic heterocycles. The monoisotopic (exact) mass is 329 g/mol. The molecule has 1 aliphatic rings. The summed E-state index contributed by atoms with van der Waals surface area (Å²) in [5, 5.41) is 2.75. The summed E-state index contributed by atoms with van der Waals surface area (Å²) in [7, 11) is 1.62. The molecule has 3 N–H and O–H groups in total. The number of nitrogens with two attached hydrogens (primary N) is 1. The molecule has 2 heterocycles. The zero-order valence-corrected chi connectivity index (χ0v) is 12.2. The van der Waals surface area contributed by atoms with Crippen LogP contribution < -0.4 is 16.6 Å². The van der Waals surface area contributed by atoms with Crippen LogP contribution in [0.5, 0.6) is 0 Å². The number of rotatable bonds is 2. The lowest BCUT2D eigenvalue weighted by Crippen LogP contribution is -2.54. The topological polar surface area (TPSA) is 86.3 Å². The molecule has 0 unspecified atom stereocenters. The molecule has 6 nitrogen and oxygen atoms in total. The second-order valence-electron chi connectivity index (χ2n) is 4.72. The molecule has 0 spiro atoms. The van der Waals surface area contributed by atoms with Crippen molar-refractivity contribution >= 4 is 27.5 Å². The molecule has 1 aromatic rings. The number of ether oxygens (including phenoxy) is 1. The van der Waals surface area contributed by atoms with E-state index in [4.69, 9.17) is 10.5 Å². The Bertz CT molecular complexity index is 523. The zero-order chi connectivity index (χ0) is 14.0. The van der Waals surface area contributed by atoms with Crippen LogP contribution in [0.25, 0.3) is 0 Å². The lowest BCUT2D eigenvalue weighted by molar-refractivity contribution is -0.124. The molecule has 2 rings (SSSR count). The first-order valence-electron chi connectivity index (χ1n) is 5.97. The first kappa shape index (κ1) is 14.2. The van der Waals surface area contributed by atoms with E-state index in [1.54, 1.807) is 19.3 Å². The van der Waals surface area contributed by atoms with E-state index in [-0.39, 0.29) is 11.5 Å². The molecule has 1 fully saturated rings. The smallest absolute Gasteiger partial charge is 0.264 e. The number of hydrogen-bond acceptors (Lipinski definition) is 4. The van der Waals surface area contributed by atoms with Crippen molar-refractivity contribution in [2.45, 2.75) is 18.4 Å². The van der Waals surface area contributed by atoms with Crippen molar-refractivity contribution in [3.63, 3.8) is 0 Å². The molecule has 0 saturated carbocycles. The van der Waals surface area contributed by atoms with Crippen molar-refractivity contribution in [1.82, 2.24) is 4.57 Å². The van der Waals surface area contributed by atoms with Crippen molar-refractivity contribution in [2.75, 3.05) is 18.5 Å². The van der Waals surface area contributed by atoms with Gasteiger partial charge in [-0.25, -0.2) is 0 Å². The largest absolute Gasteiger partial charge is 0.381 e. The first-order chi connectivity index (χ1) is 8.92. The van der Waals surface area contributed by atoms with Crippen LogP contribution in [-0.2, 0) is 16.6 Å². The third kappa shape index (κ3) is 3.05. The van der Waals surface area contributed by atoms with E-state index in [0.29, 0.717) is 36.2 Å². The fourth-order valence-corrected chi connectivity index (χ4v) is 2.48. The van der Waals surface area contributed by atoms with E-state index in [1.807, 2.05) is 0 Å². The van der Waals surface area contributed by atoms with Crippen molar-refractivity contribution in [2.24, 2.45) is 12.8 Å². The highest BCUT2D eigenvalue weighted by Crippen LogP contribution is 2.20. The van der Waals surface area contributed by atoms with Gasteiger partial charge in [0.15, 0.2) is 0 Å². The van der Waals surface area contributed by atoms with Gasteiger partial charge in [0.05, 0.1) is 10.2 Å². The standard InChI is InChI=1S/C12H16BrN3O3/c1-16-7-8(6-9(13)10(16)17)15-11(18)12(14)2-4-19-5-3-12/h6-7H,2-5,14H2,1H3,(H,15,18). The predicted molar refractivity (Wildman–Crippen MR) is 75.0 cm³/mol. The number of nitrogens with one attached hydrogen (secondary N) is 1. The van der Waals surface area contributed by atoms with Gasteiger partial charge in [0.2, 0.25) is 5.91 Å². The van der Waals surface area contributed by atoms with Gasteiger partial charge in [-0.15, -0.1) is 0 Å². The lowest BCUT2D eigenvalue weighted by atomic mass is 9.90. The molecule has 1 aliphatic heterocycles. The summed E-state index contributed by atoms with van der Waals surface area (Å²) >= 11 is 3.16. The molecule has 0 bridgehead atoms. The second kappa shape index (κ2) is 5.44. The number of pyridine rings is 1. The number of nitrogens with zero attached hydrogens (tertiary/aromatic N) is 1. The van der Waals surface area contributed by atoms with Gasteiger partial charge in [0.25, 0.3) is 5.56 Å². The predicted octanol–water partition coefficient (Wildman–Crippen LogP) is 0.594. The summed E-state index contributed by atoms with van der Waals surface area (Å²) in [5.41, 5.74) is 5.56. The van der Waals surface area contributed by atoms with Gasteiger partial charge in [-0.3, -0.25) is 9.59 Å². The Kier molecular flexibility index (Phi) is 4.07. The number of aryl methyl sites for hydroxylation is 1. The normalized spacial score (nSPS) is 18.1. The van der Waals surface area contributed by atoms with Gasteiger partial charge in [-0.2, -0.15) is 0 Å². The average Bonchev–Trinajstić information content (AvgIpc) is 2.36. The SMILES string of the molecule is Cn1cc(NC(=O)C2(N)CCOCC2)cc(Br)c1=O. The average molecular weight is 330 g/mol. The lowest BCUT2D eigenvalue weighted by Gasteiger charge is -2.31. The highest BCUT2D eigenvalue weighted by Gasteiger charge is 2.35. The van der Waals surface area contributed by atoms with Gasteiger partial charge in [0, 0.05) is 26.5 Å². The van der Waals surface area contributed by atoms with Crippen molar-refractivity contribution in [3.05, 3.63) is 27.1 Å². The Morgan fingerprint density at radius 1 is 1.53 bits per heavy atom. The maximum absolute atomic E-state index is 12.2. The number of aromatic nitrogens is 1. The third-order valence-electron chi connectivity index (χ3n) is 3.23. The molecule has 1 amide bonds. The van der Waals surface area contributed by atoms with E-state index < -0.39 is 5.54 Å². The molecule has 0 radical (unpaired) electrons. The molecule has 0 aromatic carbocycles. The fraction of sp³-hybridized carbons (Fsp3) is 0.500. The van der Waals surface area contributed by atoms with Crippen LogP contribution in [0.4, 0.5) is 5.69 Å². The quantitative estimate of drug-likeness (QED) is 0.831. The van der Waals surface area contributed by atoms with Crippen LogP contribution in [0.15, 0.2) is 21.5 Å². The summed E-state index contributed by atoms with van der Waals surface area (Å²) < 4.78 is 7.00. The minimum Gasteiger partial charge on any atom is -0.381 e. The number of amides is 1. The van der Waals surface area contributed by atoms with Gasteiger partial charge >= 0.3 is 0 Å². The Hall–Kier alpha value is -1.18. The minimum absolute atomic E-state index is 0.161. The van der Waals surface area contributed by atoms with Crippen molar-refractivity contribution in [1.29, 1.82) is 0 Å². The van der Waals surface area contributed by atoms with Gasteiger partial charge in [-0.05, 0) is 34.8 Å². The Morgan fingerprint density at radius 2 is 2.16 bits per heavy atom. The van der Waals surface area contributed by atoms with Gasteiger partial charge in [-0.1, -0.05) is 0 Å². The molecule has 1 saturated heterocycles. The Labute approximate surface area is 119 Å². The Morgan fingerprint density at radius 3 is 2.74 bits per heavy atom. The summed E-state index contributed by atoms with van der Waals surface area (Å²) in [5.74, 6) is -0.249.